The summed E-state index contributed by atoms with van der Waals surface area (Å²) in [6, 6.07) is 3.46. The first-order chi connectivity index (χ1) is 9.51. The van der Waals surface area contributed by atoms with Crippen LogP contribution in [-0.4, -0.2) is 41.7 Å². The Morgan fingerprint density at radius 3 is 2.70 bits per heavy atom. The first-order valence-electron chi connectivity index (χ1n) is 6.40. The molecule has 20 heavy (non-hydrogen) atoms. The number of anilines is 2. The SMILES string of the molecule is Nc1cc(Cl)cc(Cl)c1NC(=O)CN(CCO)C1CC1. The number of nitrogen functional groups attached to an aromatic ring is 1. The van der Waals surface area contributed by atoms with E-state index in [9.17, 15) is 4.79 Å². The second-order valence-corrected chi connectivity index (χ2v) is 5.67. The summed E-state index contributed by atoms with van der Waals surface area (Å²) in [7, 11) is 0. The molecule has 0 aliphatic heterocycles. The van der Waals surface area contributed by atoms with E-state index in [1.54, 1.807) is 0 Å². The number of aliphatic hydroxyl groups is 1. The Hall–Kier alpha value is -1.01. The van der Waals surface area contributed by atoms with E-state index < -0.39 is 0 Å². The summed E-state index contributed by atoms with van der Waals surface area (Å²) in [6.07, 6.45) is 2.13. The van der Waals surface area contributed by atoms with Gasteiger partial charge in [-0.3, -0.25) is 9.69 Å². The van der Waals surface area contributed by atoms with E-state index in [1.807, 2.05) is 4.90 Å². The van der Waals surface area contributed by atoms with Gasteiger partial charge in [-0.25, -0.2) is 0 Å². The Labute approximate surface area is 127 Å². The third-order valence-corrected chi connectivity index (χ3v) is 3.66. The predicted octanol–water partition coefficient (Wildman–Crippen LogP) is 1.97. The van der Waals surface area contributed by atoms with Crippen LogP contribution in [0.25, 0.3) is 0 Å². The maximum atomic E-state index is 12.0. The van der Waals surface area contributed by atoms with Crippen molar-refractivity contribution in [3.05, 3.63) is 22.2 Å². The average molecular weight is 318 g/mol. The lowest BCUT2D eigenvalue weighted by molar-refractivity contribution is -0.117. The van der Waals surface area contributed by atoms with Gasteiger partial charge in [-0.1, -0.05) is 23.2 Å². The summed E-state index contributed by atoms with van der Waals surface area (Å²) in [5, 5.41) is 12.4. The van der Waals surface area contributed by atoms with Crippen molar-refractivity contribution in [2.24, 2.45) is 0 Å². The lowest BCUT2D eigenvalue weighted by Crippen LogP contribution is -2.37. The minimum absolute atomic E-state index is 0.0353. The van der Waals surface area contributed by atoms with E-state index in [0.29, 0.717) is 34.0 Å². The lowest BCUT2D eigenvalue weighted by Gasteiger charge is -2.20. The molecule has 1 aromatic rings. The highest BCUT2D eigenvalue weighted by atomic mass is 35.5. The highest BCUT2D eigenvalue weighted by Crippen LogP contribution is 2.32. The van der Waals surface area contributed by atoms with E-state index in [0.717, 1.165) is 12.8 Å². The number of nitrogens with two attached hydrogens (primary N) is 1. The molecule has 5 nitrogen and oxygen atoms in total. The maximum Gasteiger partial charge on any atom is 0.238 e. The number of aliphatic hydroxyl groups excluding tert-OH is 1. The third kappa shape index (κ3) is 3.99. The van der Waals surface area contributed by atoms with Crippen LogP contribution in [0.2, 0.25) is 10.0 Å². The van der Waals surface area contributed by atoms with Crippen LogP contribution in [0.5, 0.6) is 0 Å². The van der Waals surface area contributed by atoms with Crippen molar-refractivity contribution in [3.63, 3.8) is 0 Å². The summed E-state index contributed by atoms with van der Waals surface area (Å²) in [4.78, 5) is 14.0. The van der Waals surface area contributed by atoms with Gasteiger partial charge in [0.2, 0.25) is 5.91 Å². The maximum absolute atomic E-state index is 12.0. The molecule has 1 aromatic carbocycles. The van der Waals surface area contributed by atoms with Crippen LogP contribution in [-0.2, 0) is 4.79 Å². The Morgan fingerprint density at radius 1 is 1.45 bits per heavy atom. The smallest absolute Gasteiger partial charge is 0.238 e. The van der Waals surface area contributed by atoms with Gasteiger partial charge in [0.05, 0.1) is 29.5 Å². The first kappa shape index (κ1) is 15.4. The number of nitrogens with one attached hydrogen (secondary N) is 1. The highest BCUT2D eigenvalue weighted by molar-refractivity contribution is 6.37. The molecule has 1 aliphatic carbocycles. The van der Waals surface area contributed by atoms with E-state index in [-0.39, 0.29) is 19.1 Å². The summed E-state index contributed by atoms with van der Waals surface area (Å²) >= 11 is 11.8. The summed E-state index contributed by atoms with van der Waals surface area (Å²) in [5.74, 6) is -0.207. The van der Waals surface area contributed by atoms with Gasteiger partial charge in [0, 0.05) is 17.6 Å². The van der Waals surface area contributed by atoms with Crippen LogP contribution >= 0.6 is 23.2 Å². The summed E-state index contributed by atoms with van der Waals surface area (Å²) in [6.45, 7) is 0.735. The van der Waals surface area contributed by atoms with Crippen LogP contribution in [0.15, 0.2) is 12.1 Å². The van der Waals surface area contributed by atoms with Crippen molar-refractivity contribution in [1.29, 1.82) is 0 Å². The van der Waals surface area contributed by atoms with E-state index in [1.165, 1.54) is 12.1 Å². The molecule has 0 aromatic heterocycles. The number of hydrogen-bond donors (Lipinski definition) is 3. The fourth-order valence-electron chi connectivity index (χ4n) is 2.05. The minimum Gasteiger partial charge on any atom is -0.397 e. The summed E-state index contributed by atoms with van der Waals surface area (Å²) < 4.78 is 0. The molecule has 0 saturated heterocycles. The van der Waals surface area contributed by atoms with Crippen LogP contribution in [0.4, 0.5) is 11.4 Å². The molecular formula is C13H17Cl2N3O2. The third-order valence-electron chi connectivity index (χ3n) is 3.15. The Bertz CT molecular complexity index is 483. The van der Waals surface area contributed by atoms with Gasteiger partial charge in [-0.2, -0.15) is 0 Å². The second-order valence-electron chi connectivity index (χ2n) is 4.83. The zero-order valence-electron chi connectivity index (χ0n) is 10.9. The van der Waals surface area contributed by atoms with Crippen LogP contribution in [0, 0.1) is 0 Å². The monoisotopic (exact) mass is 317 g/mol. The van der Waals surface area contributed by atoms with Crippen molar-refractivity contribution >= 4 is 40.5 Å². The number of benzene rings is 1. The van der Waals surface area contributed by atoms with E-state index >= 15 is 0 Å². The molecule has 110 valence electrons. The molecule has 1 amide bonds. The Kier molecular flexibility index (Phi) is 5.10. The molecule has 4 N–H and O–H groups in total. The number of halogens is 2. The quantitative estimate of drug-likeness (QED) is 0.701. The van der Waals surface area contributed by atoms with Gasteiger partial charge < -0.3 is 16.2 Å². The first-order valence-corrected chi connectivity index (χ1v) is 7.16. The molecule has 0 heterocycles. The molecular weight excluding hydrogens is 301 g/mol. The lowest BCUT2D eigenvalue weighted by atomic mass is 10.2. The largest absolute Gasteiger partial charge is 0.397 e. The predicted molar refractivity (Wildman–Crippen MR) is 81.2 cm³/mol. The number of carbonyl (C=O) groups excluding carboxylic acids is 1. The molecule has 0 unspecified atom stereocenters. The van der Waals surface area contributed by atoms with Gasteiger partial charge in [0.25, 0.3) is 0 Å². The molecule has 1 fully saturated rings. The Morgan fingerprint density at radius 2 is 2.15 bits per heavy atom. The molecule has 2 rings (SSSR count). The zero-order chi connectivity index (χ0) is 14.7. The topological polar surface area (TPSA) is 78.6 Å². The van der Waals surface area contributed by atoms with Crippen molar-refractivity contribution < 1.29 is 9.90 Å². The van der Waals surface area contributed by atoms with Gasteiger partial charge in [-0.15, -0.1) is 0 Å². The highest BCUT2D eigenvalue weighted by Gasteiger charge is 2.29. The fourth-order valence-corrected chi connectivity index (χ4v) is 2.60. The van der Waals surface area contributed by atoms with Crippen LogP contribution < -0.4 is 11.1 Å². The van der Waals surface area contributed by atoms with Crippen molar-refractivity contribution in [1.82, 2.24) is 4.90 Å². The van der Waals surface area contributed by atoms with E-state index in [4.69, 9.17) is 34.0 Å². The summed E-state index contributed by atoms with van der Waals surface area (Å²) in [5.41, 5.74) is 6.50. The fraction of sp³-hybridized carbons (Fsp3) is 0.462. The zero-order valence-corrected chi connectivity index (χ0v) is 12.4. The number of carbonyl (C=O) groups is 1. The molecule has 7 heteroatoms. The molecule has 1 saturated carbocycles. The van der Waals surface area contributed by atoms with E-state index in [2.05, 4.69) is 5.32 Å². The molecule has 1 aliphatic rings. The van der Waals surface area contributed by atoms with Crippen molar-refractivity contribution in [3.8, 4) is 0 Å². The standard InChI is InChI=1S/C13H17Cl2N3O2/c14-8-5-10(15)13(11(16)6-8)17-12(20)7-18(3-4-19)9-1-2-9/h5-6,9,19H,1-4,7,16H2,(H,17,20). The van der Waals surface area contributed by atoms with Gasteiger partial charge in [0.1, 0.15) is 0 Å². The molecule has 0 atom stereocenters. The van der Waals surface area contributed by atoms with Crippen molar-refractivity contribution in [2.75, 3.05) is 30.7 Å². The molecule has 0 bridgehead atoms. The number of amides is 1. The second kappa shape index (κ2) is 6.63. The van der Waals surface area contributed by atoms with Gasteiger partial charge >= 0.3 is 0 Å². The molecule has 0 spiro atoms. The minimum atomic E-state index is -0.207. The number of hydrogen-bond acceptors (Lipinski definition) is 4. The average Bonchev–Trinajstić information content (AvgIpc) is 3.17. The van der Waals surface area contributed by atoms with Crippen LogP contribution in [0.3, 0.4) is 0 Å². The normalized spacial score (nSPS) is 14.6. The number of nitrogens with zero attached hydrogens (tertiary/aromatic N) is 1. The van der Waals surface area contributed by atoms with Crippen LogP contribution in [0.1, 0.15) is 12.8 Å². The molecule has 0 radical (unpaired) electrons. The number of rotatable bonds is 6. The van der Waals surface area contributed by atoms with Crippen molar-refractivity contribution in [2.45, 2.75) is 18.9 Å². The van der Waals surface area contributed by atoms with Gasteiger partial charge in [-0.05, 0) is 25.0 Å². The Balaban J connectivity index is 2.00. The van der Waals surface area contributed by atoms with Gasteiger partial charge in [0.15, 0.2) is 0 Å².